The van der Waals surface area contributed by atoms with Crippen LogP contribution in [0.25, 0.3) is 0 Å². The molecule has 2 rings (SSSR count). The van der Waals surface area contributed by atoms with Crippen molar-refractivity contribution in [3.63, 3.8) is 0 Å². The summed E-state index contributed by atoms with van der Waals surface area (Å²) in [6.07, 6.45) is 6.92. The molecule has 6 heteroatoms. The minimum Gasteiger partial charge on any atom is -0.466 e. The van der Waals surface area contributed by atoms with Gasteiger partial charge in [0.1, 0.15) is 0 Å². The minimum absolute atomic E-state index is 0.160. The lowest BCUT2D eigenvalue weighted by Crippen LogP contribution is -2.32. The van der Waals surface area contributed by atoms with Crippen LogP contribution in [0.1, 0.15) is 26.2 Å². The molecule has 0 amide bonds. The van der Waals surface area contributed by atoms with Crippen molar-refractivity contribution in [2.45, 2.75) is 32.7 Å². The largest absolute Gasteiger partial charge is 0.466 e. The van der Waals surface area contributed by atoms with Gasteiger partial charge in [-0.05, 0) is 26.2 Å². The van der Waals surface area contributed by atoms with E-state index < -0.39 is 5.97 Å². The zero-order chi connectivity index (χ0) is 15.2. The van der Waals surface area contributed by atoms with Crippen LogP contribution < -0.4 is 10.5 Å². The molecule has 0 bridgehead atoms. The van der Waals surface area contributed by atoms with Crippen LogP contribution >= 0.6 is 0 Å². The number of hydrogen-bond donors (Lipinski definition) is 0. The molecule has 6 nitrogen and oxygen atoms in total. The first kappa shape index (κ1) is 15.3. The van der Waals surface area contributed by atoms with Crippen LogP contribution in [0.5, 0.6) is 0 Å². The maximum atomic E-state index is 12.1. The number of rotatable bonds is 4. The molecule has 1 aromatic rings. The Morgan fingerprint density at radius 3 is 2.71 bits per heavy atom. The lowest BCUT2D eigenvalue weighted by molar-refractivity contribution is -0.136. The van der Waals surface area contributed by atoms with Gasteiger partial charge in [-0.15, -0.1) is 0 Å². The van der Waals surface area contributed by atoms with Crippen molar-refractivity contribution in [3.8, 4) is 0 Å². The fourth-order valence-electron chi connectivity index (χ4n) is 2.35. The van der Waals surface area contributed by atoms with Gasteiger partial charge in [0.15, 0.2) is 0 Å². The van der Waals surface area contributed by atoms with E-state index in [1.54, 1.807) is 25.3 Å². The van der Waals surface area contributed by atoms with E-state index in [1.165, 1.54) is 18.2 Å². The number of anilines is 1. The Kier molecular flexibility index (Phi) is 5.14. The maximum absolute atomic E-state index is 12.1. The Hall–Kier alpha value is -2.11. The van der Waals surface area contributed by atoms with Crippen LogP contribution in [0, 0.1) is 0 Å². The van der Waals surface area contributed by atoms with E-state index in [1.807, 2.05) is 0 Å². The topological polar surface area (TPSA) is 64.4 Å². The van der Waals surface area contributed by atoms with Gasteiger partial charge < -0.3 is 9.64 Å². The fraction of sp³-hybridized carbons (Fsp3) is 0.533. The van der Waals surface area contributed by atoms with Gasteiger partial charge in [-0.2, -0.15) is 5.10 Å². The summed E-state index contributed by atoms with van der Waals surface area (Å²) in [4.78, 5) is 25.5. The molecule has 0 N–H and O–H groups in total. The van der Waals surface area contributed by atoms with Crippen molar-refractivity contribution in [1.82, 2.24) is 9.78 Å². The van der Waals surface area contributed by atoms with Gasteiger partial charge in [0.05, 0.1) is 25.5 Å². The SMILES string of the molecule is COC(=O)C(C)=CCn1ncc(N2CCCCC2)cc1=O. The molecule has 1 fully saturated rings. The minimum atomic E-state index is -0.395. The second-order valence-corrected chi connectivity index (χ2v) is 5.16. The highest BCUT2D eigenvalue weighted by atomic mass is 16.5. The number of ether oxygens (including phenoxy) is 1. The summed E-state index contributed by atoms with van der Waals surface area (Å²) in [5.41, 5.74) is 1.18. The summed E-state index contributed by atoms with van der Waals surface area (Å²) < 4.78 is 5.94. The molecular weight excluding hydrogens is 270 g/mol. The molecule has 1 saturated heterocycles. The van der Waals surface area contributed by atoms with E-state index in [-0.39, 0.29) is 12.1 Å². The number of allylic oxidation sites excluding steroid dienone is 1. The quantitative estimate of drug-likeness (QED) is 0.619. The number of carbonyl (C=O) groups is 1. The Labute approximate surface area is 124 Å². The lowest BCUT2D eigenvalue weighted by Gasteiger charge is -2.28. The van der Waals surface area contributed by atoms with Gasteiger partial charge >= 0.3 is 5.97 Å². The number of nitrogens with zero attached hydrogens (tertiary/aromatic N) is 3. The molecule has 1 aliphatic rings. The molecule has 0 saturated carbocycles. The number of methoxy groups -OCH3 is 1. The van der Waals surface area contributed by atoms with E-state index >= 15 is 0 Å². The first-order chi connectivity index (χ1) is 10.1. The third-order valence-corrected chi connectivity index (χ3v) is 3.65. The summed E-state index contributed by atoms with van der Waals surface area (Å²) in [5, 5.41) is 4.18. The van der Waals surface area contributed by atoms with Crippen LogP contribution in [0.15, 0.2) is 28.7 Å². The summed E-state index contributed by atoms with van der Waals surface area (Å²) >= 11 is 0. The molecule has 0 aromatic carbocycles. The zero-order valence-corrected chi connectivity index (χ0v) is 12.5. The van der Waals surface area contributed by atoms with E-state index in [9.17, 15) is 9.59 Å². The average Bonchev–Trinajstić information content (AvgIpc) is 2.53. The first-order valence-corrected chi connectivity index (χ1v) is 7.19. The summed E-state index contributed by atoms with van der Waals surface area (Å²) in [5.74, 6) is -0.395. The molecule has 0 spiro atoms. The number of esters is 1. The maximum Gasteiger partial charge on any atom is 0.333 e. The van der Waals surface area contributed by atoms with Crippen LogP contribution in [-0.2, 0) is 16.1 Å². The number of carbonyl (C=O) groups excluding carboxylic acids is 1. The second-order valence-electron chi connectivity index (χ2n) is 5.16. The Morgan fingerprint density at radius 2 is 2.10 bits per heavy atom. The van der Waals surface area contributed by atoms with E-state index in [0.29, 0.717) is 5.57 Å². The normalized spacial score (nSPS) is 15.9. The fourth-order valence-corrected chi connectivity index (χ4v) is 2.35. The molecule has 0 atom stereocenters. The van der Waals surface area contributed by atoms with Gasteiger partial charge in [-0.3, -0.25) is 4.79 Å². The third kappa shape index (κ3) is 3.93. The first-order valence-electron chi connectivity index (χ1n) is 7.19. The Bertz CT molecular complexity index is 586. The number of hydrogen-bond acceptors (Lipinski definition) is 5. The highest BCUT2D eigenvalue weighted by molar-refractivity contribution is 5.87. The summed E-state index contributed by atoms with van der Waals surface area (Å²) in [6, 6.07) is 1.61. The van der Waals surface area contributed by atoms with Gasteiger partial charge in [0.25, 0.3) is 5.56 Å². The van der Waals surface area contributed by atoms with E-state index in [2.05, 4.69) is 14.7 Å². The predicted octanol–water partition coefficient (Wildman–Crippen LogP) is 1.35. The smallest absolute Gasteiger partial charge is 0.333 e. The van der Waals surface area contributed by atoms with E-state index in [4.69, 9.17) is 0 Å². The second kappa shape index (κ2) is 7.06. The van der Waals surface area contributed by atoms with Crippen molar-refractivity contribution in [2.75, 3.05) is 25.1 Å². The van der Waals surface area contributed by atoms with Crippen LogP contribution in [-0.4, -0.2) is 35.9 Å². The number of aromatic nitrogens is 2. The molecule has 1 aromatic heterocycles. The monoisotopic (exact) mass is 291 g/mol. The molecule has 0 radical (unpaired) electrons. The standard InChI is InChI=1S/C15H21N3O3/c1-12(15(20)21-2)6-9-18-14(19)10-13(11-16-18)17-7-4-3-5-8-17/h6,10-11H,3-5,7-9H2,1-2H3. The van der Waals surface area contributed by atoms with Crippen molar-refractivity contribution in [1.29, 1.82) is 0 Å². The van der Waals surface area contributed by atoms with Crippen molar-refractivity contribution in [3.05, 3.63) is 34.3 Å². The van der Waals surface area contributed by atoms with Gasteiger partial charge in [-0.25, -0.2) is 9.48 Å². The predicted molar refractivity (Wildman–Crippen MR) is 80.3 cm³/mol. The van der Waals surface area contributed by atoms with Gasteiger partial charge in [0, 0.05) is 24.7 Å². The molecule has 114 valence electrons. The van der Waals surface area contributed by atoms with Crippen molar-refractivity contribution in [2.24, 2.45) is 0 Å². The molecule has 0 aliphatic carbocycles. The Morgan fingerprint density at radius 1 is 1.38 bits per heavy atom. The molecule has 2 heterocycles. The van der Waals surface area contributed by atoms with Crippen molar-refractivity contribution >= 4 is 11.7 Å². The van der Waals surface area contributed by atoms with Crippen LogP contribution in [0.3, 0.4) is 0 Å². The summed E-state index contributed by atoms with van der Waals surface area (Å²) in [6.45, 7) is 3.87. The van der Waals surface area contributed by atoms with Crippen LogP contribution in [0.2, 0.25) is 0 Å². The molecular formula is C15H21N3O3. The zero-order valence-electron chi connectivity index (χ0n) is 12.5. The van der Waals surface area contributed by atoms with Gasteiger partial charge in [-0.1, -0.05) is 6.08 Å². The Balaban J connectivity index is 2.09. The summed E-state index contributed by atoms with van der Waals surface area (Å²) in [7, 11) is 1.33. The molecule has 21 heavy (non-hydrogen) atoms. The lowest BCUT2D eigenvalue weighted by atomic mass is 10.1. The van der Waals surface area contributed by atoms with Gasteiger partial charge in [0.2, 0.25) is 0 Å². The number of piperidine rings is 1. The highest BCUT2D eigenvalue weighted by Crippen LogP contribution is 2.16. The average molecular weight is 291 g/mol. The van der Waals surface area contributed by atoms with Crippen LogP contribution in [0.4, 0.5) is 5.69 Å². The van der Waals surface area contributed by atoms with Crippen molar-refractivity contribution < 1.29 is 9.53 Å². The molecule has 0 unspecified atom stereocenters. The molecule has 1 aliphatic heterocycles. The third-order valence-electron chi connectivity index (χ3n) is 3.65. The highest BCUT2D eigenvalue weighted by Gasteiger charge is 2.12. The van der Waals surface area contributed by atoms with E-state index in [0.717, 1.165) is 31.6 Å².